The summed E-state index contributed by atoms with van der Waals surface area (Å²) in [6.45, 7) is 0. The van der Waals surface area contributed by atoms with Crippen LogP contribution in [0.1, 0.15) is 65.7 Å². The van der Waals surface area contributed by atoms with Crippen LogP contribution in [-0.2, 0) is 36.4 Å². The van der Waals surface area contributed by atoms with E-state index in [9.17, 15) is 31.1 Å². The lowest BCUT2D eigenvalue weighted by atomic mass is 9.95. The van der Waals surface area contributed by atoms with Gasteiger partial charge in [0.25, 0.3) is 0 Å². The Kier molecular flexibility index (Phi) is 7.41. The van der Waals surface area contributed by atoms with Crippen molar-refractivity contribution in [3.63, 3.8) is 0 Å². The summed E-state index contributed by atoms with van der Waals surface area (Å²) in [7, 11) is 0. The Bertz CT molecular complexity index is 991. The molecule has 2 nitrogen and oxygen atoms in total. The van der Waals surface area contributed by atoms with Gasteiger partial charge in [0, 0.05) is 17.8 Å². The maximum absolute atomic E-state index is 13.0. The van der Waals surface area contributed by atoms with Crippen molar-refractivity contribution >= 4 is 11.9 Å². The van der Waals surface area contributed by atoms with Gasteiger partial charge < -0.3 is 0 Å². The smallest absolute Gasteiger partial charge is 0.295 e. The molecule has 0 radical (unpaired) electrons. The third-order valence-electron chi connectivity index (χ3n) is 5.46. The second kappa shape index (κ2) is 9.88. The molecule has 1 heterocycles. The standard InChI is InChI=1S/C24H23F6NO/c25-23(26,27)20-14-10-16(15-21(20)24(28,29)30)9-13-19(32)7-3-2-6-18-12-11-17-5-1-4-8-22(17)31-18/h9-15H,1-8H2/b13-9+. The number of rotatable bonds is 7. The molecule has 1 aliphatic carbocycles. The third kappa shape index (κ3) is 6.43. The predicted molar refractivity (Wildman–Crippen MR) is 109 cm³/mol. The number of pyridine rings is 1. The van der Waals surface area contributed by atoms with Crippen LogP contribution < -0.4 is 0 Å². The molecule has 8 heteroatoms. The van der Waals surface area contributed by atoms with Crippen LogP contribution in [0.2, 0.25) is 0 Å². The molecule has 0 saturated heterocycles. The Morgan fingerprint density at radius 2 is 1.62 bits per heavy atom. The maximum Gasteiger partial charge on any atom is 0.417 e. The summed E-state index contributed by atoms with van der Waals surface area (Å²) in [6, 6.07) is 5.84. The quantitative estimate of drug-likeness (QED) is 0.256. The molecule has 0 unspecified atom stereocenters. The van der Waals surface area contributed by atoms with Crippen molar-refractivity contribution in [1.29, 1.82) is 0 Å². The Morgan fingerprint density at radius 1 is 0.906 bits per heavy atom. The number of aryl methyl sites for hydroxylation is 3. The number of hydrogen-bond donors (Lipinski definition) is 0. The highest BCUT2D eigenvalue weighted by Gasteiger charge is 2.42. The van der Waals surface area contributed by atoms with Crippen LogP contribution in [0, 0.1) is 0 Å². The lowest BCUT2D eigenvalue weighted by Gasteiger charge is -2.15. The molecule has 2 aromatic rings. The number of ketones is 1. The molecule has 1 aliphatic rings. The highest BCUT2D eigenvalue weighted by Crippen LogP contribution is 2.40. The van der Waals surface area contributed by atoms with Crippen molar-refractivity contribution in [1.82, 2.24) is 4.98 Å². The zero-order valence-electron chi connectivity index (χ0n) is 17.3. The maximum atomic E-state index is 13.0. The lowest BCUT2D eigenvalue weighted by molar-refractivity contribution is -0.162. The van der Waals surface area contributed by atoms with E-state index in [0.29, 0.717) is 18.6 Å². The number of benzene rings is 1. The Morgan fingerprint density at radius 3 is 2.34 bits per heavy atom. The lowest BCUT2D eigenvalue weighted by Crippen LogP contribution is -2.16. The topological polar surface area (TPSA) is 30.0 Å². The van der Waals surface area contributed by atoms with E-state index in [1.165, 1.54) is 12.0 Å². The van der Waals surface area contributed by atoms with Crippen LogP contribution in [0.4, 0.5) is 26.3 Å². The highest BCUT2D eigenvalue weighted by molar-refractivity contribution is 5.93. The number of unbranched alkanes of at least 4 members (excludes halogenated alkanes) is 1. The summed E-state index contributed by atoms with van der Waals surface area (Å²) in [6.07, 6.45) is -1.39. The van der Waals surface area contributed by atoms with Crippen molar-refractivity contribution < 1.29 is 31.1 Å². The van der Waals surface area contributed by atoms with E-state index in [2.05, 4.69) is 11.1 Å². The Hall–Kier alpha value is -2.64. The van der Waals surface area contributed by atoms with E-state index >= 15 is 0 Å². The van der Waals surface area contributed by atoms with Gasteiger partial charge in [-0.2, -0.15) is 26.3 Å². The fourth-order valence-electron chi connectivity index (χ4n) is 3.79. The van der Waals surface area contributed by atoms with Gasteiger partial charge >= 0.3 is 12.4 Å². The van der Waals surface area contributed by atoms with Gasteiger partial charge in [-0.1, -0.05) is 18.2 Å². The van der Waals surface area contributed by atoms with Crippen LogP contribution in [0.15, 0.2) is 36.4 Å². The van der Waals surface area contributed by atoms with Gasteiger partial charge in [-0.3, -0.25) is 9.78 Å². The Labute approximate surface area is 182 Å². The van der Waals surface area contributed by atoms with Crippen molar-refractivity contribution in [3.8, 4) is 0 Å². The molecule has 0 N–H and O–H groups in total. The fourth-order valence-corrected chi connectivity index (χ4v) is 3.79. The number of carbonyl (C=O) groups is 1. The molecule has 1 aromatic carbocycles. The molecule has 1 aromatic heterocycles. The monoisotopic (exact) mass is 455 g/mol. The third-order valence-corrected chi connectivity index (χ3v) is 5.46. The number of fused-ring (bicyclic) bond motifs is 1. The van der Waals surface area contributed by atoms with Crippen LogP contribution in [-0.4, -0.2) is 10.8 Å². The van der Waals surface area contributed by atoms with E-state index in [-0.39, 0.29) is 17.8 Å². The summed E-state index contributed by atoms with van der Waals surface area (Å²) in [4.78, 5) is 16.7. The van der Waals surface area contributed by atoms with E-state index < -0.39 is 23.5 Å². The summed E-state index contributed by atoms with van der Waals surface area (Å²) in [5, 5.41) is 0. The number of allylic oxidation sites excluding steroid dienone is 1. The van der Waals surface area contributed by atoms with Gasteiger partial charge in [-0.15, -0.1) is 0 Å². The average Bonchev–Trinajstić information content (AvgIpc) is 2.73. The molecule has 0 spiro atoms. The number of carbonyl (C=O) groups excluding carboxylic acids is 1. The number of hydrogen-bond acceptors (Lipinski definition) is 2. The van der Waals surface area contributed by atoms with E-state index in [1.807, 2.05) is 6.07 Å². The van der Waals surface area contributed by atoms with Gasteiger partial charge in [-0.25, -0.2) is 0 Å². The van der Waals surface area contributed by atoms with Gasteiger partial charge in [-0.05, 0) is 80.3 Å². The minimum atomic E-state index is -5.15. The second-order valence-corrected chi connectivity index (χ2v) is 7.92. The first-order valence-electron chi connectivity index (χ1n) is 10.5. The van der Waals surface area contributed by atoms with E-state index in [1.54, 1.807) is 0 Å². The van der Waals surface area contributed by atoms with Crippen LogP contribution in [0.5, 0.6) is 0 Å². The molecule has 32 heavy (non-hydrogen) atoms. The van der Waals surface area contributed by atoms with Gasteiger partial charge in [0.2, 0.25) is 0 Å². The number of alkyl halides is 6. The number of halogens is 6. The fraction of sp³-hybridized carbons (Fsp3) is 0.417. The first-order chi connectivity index (χ1) is 15.0. The molecular formula is C24H23F6NO. The molecule has 3 rings (SSSR count). The van der Waals surface area contributed by atoms with Crippen LogP contribution in [0.3, 0.4) is 0 Å². The van der Waals surface area contributed by atoms with Crippen molar-refractivity contribution in [2.24, 2.45) is 0 Å². The minimum absolute atomic E-state index is 0.114. The van der Waals surface area contributed by atoms with E-state index in [4.69, 9.17) is 0 Å². The summed E-state index contributed by atoms with van der Waals surface area (Å²) >= 11 is 0. The summed E-state index contributed by atoms with van der Waals surface area (Å²) in [5.41, 5.74) is -0.184. The van der Waals surface area contributed by atoms with E-state index in [0.717, 1.165) is 61.7 Å². The molecule has 0 atom stereocenters. The zero-order valence-corrected chi connectivity index (χ0v) is 17.3. The molecule has 0 bridgehead atoms. The number of nitrogens with zero attached hydrogens (tertiary/aromatic N) is 1. The average molecular weight is 455 g/mol. The van der Waals surface area contributed by atoms with Gasteiger partial charge in [0.05, 0.1) is 11.1 Å². The molecule has 0 aliphatic heterocycles. The summed E-state index contributed by atoms with van der Waals surface area (Å²) in [5.74, 6) is -0.295. The molecule has 172 valence electrons. The second-order valence-electron chi connectivity index (χ2n) is 7.92. The van der Waals surface area contributed by atoms with Gasteiger partial charge in [0.1, 0.15) is 0 Å². The highest BCUT2D eigenvalue weighted by atomic mass is 19.4. The first kappa shape index (κ1) is 24.0. The normalized spacial score (nSPS) is 14.6. The van der Waals surface area contributed by atoms with Crippen LogP contribution in [0.25, 0.3) is 6.08 Å². The van der Waals surface area contributed by atoms with Crippen molar-refractivity contribution in [2.75, 3.05) is 0 Å². The van der Waals surface area contributed by atoms with Crippen molar-refractivity contribution in [2.45, 2.75) is 63.7 Å². The molecule has 0 fully saturated rings. The molecule has 0 amide bonds. The predicted octanol–water partition coefficient (Wildman–Crippen LogP) is 6.99. The SMILES string of the molecule is O=C(/C=C/c1ccc(C(F)(F)F)c(C(F)(F)F)c1)CCCCc1ccc2c(n1)CCCC2. The minimum Gasteiger partial charge on any atom is -0.295 e. The number of aromatic nitrogens is 1. The van der Waals surface area contributed by atoms with Gasteiger partial charge in [0.15, 0.2) is 5.78 Å². The van der Waals surface area contributed by atoms with Crippen LogP contribution >= 0.6 is 0 Å². The molecular weight excluding hydrogens is 432 g/mol. The largest absolute Gasteiger partial charge is 0.417 e. The van der Waals surface area contributed by atoms with Crippen molar-refractivity contribution in [3.05, 3.63) is 70.0 Å². The Balaban J connectivity index is 1.53. The molecule has 0 saturated carbocycles. The summed E-state index contributed by atoms with van der Waals surface area (Å²) < 4.78 is 77.5. The first-order valence-corrected chi connectivity index (χ1v) is 10.5. The zero-order chi connectivity index (χ0) is 23.4.